The van der Waals surface area contributed by atoms with Gasteiger partial charge in [0.2, 0.25) is 0 Å². The van der Waals surface area contributed by atoms with Gasteiger partial charge in [0.15, 0.2) is 0 Å². The molecular weight excluding hydrogens is 286 g/mol. The summed E-state index contributed by atoms with van der Waals surface area (Å²) in [4.78, 5) is 0. The first-order valence-corrected chi connectivity index (χ1v) is 6.64. The van der Waals surface area contributed by atoms with E-state index in [1.807, 2.05) is 12.1 Å². The van der Waals surface area contributed by atoms with Crippen LogP contribution >= 0.6 is 11.6 Å². The molecule has 2 aromatic carbocycles. The molecule has 0 saturated carbocycles. The van der Waals surface area contributed by atoms with Crippen molar-refractivity contribution in [2.75, 3.05) is 11.9 Å². The molecule has 0 saturated heterocycles. The predicted molar refractivity (Wildman–Crippen MR) is 80.8 cm³/mol. The Balaban J connectivity index is 2.09. The Labute approximate surface area is 127 Å². The van der Waals surface area contributed by atoms with Crippen molar-refractivity contribution >= 4 is 17.3 Å². The highest BCUT2D eigenvalue weighted by molar-refractivity contribution is 6.31. The number of nitrogens with zero attached hydrogens (tertiary/aromatic N) is 2. The maximum absolute atomic E-state index is 10.1. The fourth-order valence-electron chi connectivity index (χ4n) is 1.91. The molecule has 0 fully saturated rings. The van der Waals surface area contributed by atoms with Gasteiger partial charge in [0.05, 0.1) is 17.2 Å². The Bertz CT molecular complexity index is 731. The van der Waals surface area contributed by atoms with Gasteiger partial charge >= 0.3 is 0 Å². The highest BCUT2D eigenvalue weighted by atomic mass is 35.5. The van der Waals surface area contributed by atoms with E-state index in [1.165, 1.54) is 0 Å². The van der Waals surface area contributed by atoms with Gasteiger partial charge in [-0.25, -0.2) is 0 Å². The molecular formula is C16H12ClN3O. The van der Waals surface area contributed by atoms with Crippen LogP contribution in [0.15, 0.2) is 42.5 Å². The fraction of sp³-hybridized carbons (Fsp3) is 0.125. The Morgan fingerprint density at radius 2 is 1.81 bits per heavy atom. The van der Waals surface area contributed by atoms with Crippen molar-refractivity contribution in [2.24, 2.45) is 0 Å². The first-order chi connectivity index (χ1) is 10.2. The van der Waals surface area contributed by atoms with Crippen LogP contribution in [-0.2, 0) is 0 Å². The van der Waals surface area contributed by atoms with Gasteiger partial charge in [0.25, 0.3) is 0 Å². The van der Waals surface area contributed by atoms with Gasteiger partial charge in [0.1, 0.15) is 12.1 Å². The van der Waals surface area contributed by atoms with E-state index in [2.05, 4.69) is 5.32 Å². The number of rotatable bonds is 4. The van der Waals surface area contributed by atoms with Gasteiger partial charge in [-0.15, -0.1) is 0 Å². The molecule has 0 heterocycles. The van der Waals surface area contributed by atoms with E-state index in [0.29, 0.717) is 27.4 Å². The van der Waals surface area contributed by atoms with Gasteiger partial charge < -0.3 is 10.4 Å². The van der Waals surface area contributed by atoms with Crippen LogP contribution in [0.25, 0.3) is 0 Å². The minimum Gasteiger partial charge on any atom is -0.387 e. The van der Waals surface area contributed by atoms with Gasteiger partial charge in [-0.2, -0.15) is 10.5 Å². The third kappa shape index (κ3) is 3.52. The lowest BCUT2D eigenvalue weighted by molar-refractivity contribution is 0.192. The van der Waals surface area contributed by atoms with Crippen molar-refractivity contribution in [1.29, 1.82) is 10.5 Å². The van der Waals surface area contributed by atoms with E-state index >= 15 is 0 Å². The zero-order valence-electron chi connectivity index (χ0n) is 11.0. The molecule has 1 unspecified atom stereocenters. The summed E-state index contributed by atoms with van der Waals surface area (Å²) in [5.41, 5.74) is 1.93. The quantitative estimate of drug-likeness (QED) is 0.908. The highest BCUT2D eigenvalue weighted by Gasteiger charge is 2.11. The molecule has 5 heteroatoms. The molecule has 4 nitrogen and oxygen atoms in total. The van der Waals surface area contributed by atoms with E-state index < -0.39 is 6.10 Å². The molecule has 1 atom stereocenters. The minimum atomic E-state index is -0.764. The molecule has 0 aliphatic heterocycles. The van der Waals surface area contributed by atoms with Crippen LogP contribution < -0.4 is 5.32 Å². The summed E-state index contributed by atoms with van der Waals surface area (Å²) < 4.78 is 0. The molecule has 0 bridgehead atoms. The molecule has 0 aliphatic carbocycles. The Morgan fingerprint density at radius 1 is 1.10 bits per heavy atom. The van der Waals surface area contributed by atoms with Gasteiger partial charge in [-0.3, -0.25) is 0 Å². The largest absolute Gasteiger partial charge is 0.387 e. The standard InChI is InChI=1S/C16H12ClN3O/c17-15-4-2-1-3-14(15)16(21)10-20-13-6-5-11(8-18)12(7-13)9-19/h1-7,16,20-21H,10H2. The molecule has 104 valence electrons. The molecule has 0 aromatic heterocycles. The molecule has 2 rings (SSSR count). The van der Waals surface area contributed by atoms with Crippen molar-refractivity contribution in [3.05, 3.63) is 64.2 Å². The summed E-state index contributed by atoms with van der Waals surface area (Å²) in [5, 5.41) is 31.5. The number of nitrogens with one attached hydrogen (secondary N) is 1. The maximum atomic E-state index is 10.1. The maximum Gasteiger partial charge on any atom is 0.101 e. The first kappa shape index (κ1) is 14.9. The average Bonchev–Trinajstić information content (AvgIpc) is 2.52. The second kappa shape index (κ2) is 6.76. The van der Waals surface area contributed by atoms with Gasteiger partial charge in [-0.1, -0.05) is 29.8 Å². The molecule has 0 aliphatic rings. The van der Waals surface area contributed by atoms with E-state index in [-0.39, 0.29) is 6.54 Å². The van der Waals surface area contributed by atoms with E-state index in [1.54, 1.807) is 42.5 Å². The summed E-state index contributed by atoms with van der Waals surface area (Å²) in [5.74, 6) is 0. The average molecular weight is 298 g/mol. The number of aliphatic hydroxyl groups excluding tert-OH is 1. The van der Waals surface area contributed by atoms with Crippen LogP contribution in [0.3, 0.4) is 0 Å². The van der Waals surface area contributed by atoms with Crippen LogP contribution in [-0.4, -0.2) is 11.7 Å². The van der Waals surface area contributed by atoms with Crippen molar-refractivity contribution in [3.8, 4) is 12.1 Å². The lowest BCUT2D eigenvalue weighted by Gasteiger charge is -2.14. The number of nitriles is 2. The Hall–Kier alpha value is -2.53. The normalized spacial score (nSPS) is 11.2. The number of aliphatic hydroxyl groups is 1. The Morgan fingerprint density at radius 3 is 2.48 bits per heavy atom. The second-order valence-corrected chi connectivity index (χ2v) is 4.81. The summed E-state index contributed by atoms with van der Waals surface area (Å²) >= 11 is 6.02. The van der Waals surface area contributed by atoms with Crippen LogP contribution in [0.5, 0.6) is 0 Å². The van der Waals surface area contributed by atoms with Crippen LogP contribution in [0, 0.1) is 22.7 Å². The molecule has 0 amide bonds. The lowest BCUT2D eigenvalue weighted by atomic mass is 10.1. The molecule has 0 spiro atoms. The third-order valence-corrected chi connectivity index (χ3v) is 3.37. The number of hydrogen-bond acceptors (Lipinski definition) is 4. The minimum absolute atomic E-state index is 0.250. The number of hydrogen-bond donors (Lipinski definition) is 2. The first-order valence-electron chi connectivity index (χ1n) is 6.26. The molecule has 2 aromatic rings. The fourth-order valence-corrected chi connectivity index (χ4v) is 2.18. The van der Waals surface area contributed by atoms with Gasteiger partial charge in [-0.05, 0) is 24.3 Å². The van der Waals surface area contributed by atoms with Gasteiger partial charge in [0, 0.05) is 22.8 Å². The van der Waals surface area contributed by atoms with E-state index in [9.17, 15) is 5.11 Å². The molecule has 21 heavy (non-hydrogen) atoms. The summed E-state index contributed by atoms with van der Waals surface area (Å²) in [6.07, 6.45) is -0.764. The van der Waals surface area contributed by atoms with Crippen LogP contribution in [0.2, 0.25) is 5.02 Å². The monoisotopic (exact) mass is 297 g/mol. The van der Waals surface area contributed by atoms with Crippen molar-refractivity contribution in [3.63, 3.8) is 0 Å². The summed E-state index contributed by atoms with van der Waals surface area (Å²) in [6, 6.07) is 15.8. The van der Waals surface area contributed by atoms with E-state index in [0.717, 1.165) is 0 Å². The predicted octanol–water partition coefficient (Wildman–Crippen LogP) is 3.23. The second-order valence-electron chi connectivity index (χ2n) is 4.40. The SMILES string of the molecule is N#Cc1ccc(NCC(O)c2ccccc2Cl)cc1C#N. The highest BCUT2D eigenvalue weighted by Crippen LogP contribution is 2.23. The summed E-state index contributed by atoms with van der Waals surface area (Å²) in [7, 11) is 0. The smallest absolute Gasteiger partial charge is 0.101 e. The lowest BCUT2D eigenvalue weighted by Crippen LogP contribution is -2.12. The van der Waals surface area contributed by atoms with Crippen LogP contribution in [0.1, 0.15) is 22.8 Å². The zero-order chi connectivity index (χ0) is 15.2. The number of benzene rings is 2. The van der Waals surface area contributed by atoms with Crippen molar-refractivity contribution in [2.45, 2.75) is 6.10 Å². The van der Waals surface area contributed by atoms with Crippen LogP contribution in [0.4, 0.5) is 5.69 Å². The number of anilines is 1. The van der Waals surface area contributed by atoms with Crippen molar-refractivity contribution < 1.29 is 5.11 Å². The van der Waals surface area contributed by atoms with Crippen molar-refractivity contribution in [1.82, 2.24) is 0 Å². The topological polar surface area (TPSA) is 79.8 Å². The number of halogens is 1. The zero-order valence-corrected chi connectivity index (χ0v) is 11.8. The Kier molecular flexibility index (Phi) is 4.79. The molecule has 0 radical (unpaired) electrons. The van der Waals surface area contributed by atoms with E-state index in [4.69, 9.17) is 22.1 Å². The summed E-state index contributed by atoms with van der Waals surface area (Å²) in [6.45, 7) is 0.250. The molecule has 2 N–H and O–H groups in total. The third-order valence-electron chi connectivity index (χ3n) is 3.02.